The molecule has 1 aliphatic heterocycles. The van der Waals surface area contributed by atoms with Gasteiger partial charge in [0.05, 0.1) is 0 Å². The largest absolute Gasteiger partial charge is 0.445 e. The molecule has 1 saturated heterocycles. The van der Waals surface area contributed by atoms with Crippen LogP contribution in [0.4, 0.5) is 0 Å². The van der Waals surface area contributed by atoms with Crippen molar-refractivity contribution in [3.63, 3.8) is 0 Å². The molecule has 1 atom stereocenters. The van der Waals surface area contributed by atoms with E-state index in [1.807, 2.05) is 12.3 Å². The summed E-state index contributed by atoms with van der Waals surface area (Å²) < 4.78 is 5.37. The van der Waals surface area contributed by atoms with Crippen LogP contribution in [0.1, 0.15) is 23.4 Å². The van der Waals surface area contributed by atoms with Gasteiger partial charge in [0.15, 0.2) is 10.9 Å². The van der Waals surface area contributed by atoms with Crippen LogP contribution in [0.3, 0.4) is 0 Å². The SMILES string of the molecule is CSc1ccc(C(=O)N[C@H]2CCCNC2)o1. The molecule has 0 unspecified atom stereocenters. The Morgan fingerprint density at radius 2 is 2.50 bits per heavy atom. The maximum Gasteiger partial charge on any atom is 0.287 e. The standard InChI is InChI=1S/C11H16N2O2S/c1-16-10-5-4-9(15-10)11(14)13-8-3-2-6-12-7-8/h4-5,8,12H,2-3,6-7H2,1H3,(H,13,14)/t8-/m0/s1. The number of carbonyl (C=O) groups excluding carboxylic acids is 1. The van der Waals surface area contributed by atoms with E-state index in [0.29, 0.717) is 5.76 Å². The average molecular weight is 240 g/mol. The van der Waals surface area contributed by atoms with E-state index in [-0.39, 0.29) is 11.9 Å². The molecule has 1 amide bonds. The zero-order chi connectivity index (χ0) is 11.4. The quantitative estimate of drug-likeness (QED) is 0.786. The van der Waals surface area contributed by atoms with Crippen molar-refractivity contribution in [2.75, 3.05) is 19.3 Å². The second-order valence-electron chi connectivity index (χ2n) is 3.84. The van der Waals surface area contributed by atoms with Crippen LogP contribution < -0.4 is 10.6 Å². The zero-order valence-electron chi connectivity index (χ0n) is 9.29. The molecule has 0 spiro atoms. The van der Waals surface area contributed by atoms with Crippen LogP contribution in [0.25, 0.3) is 0 Å². The number of furan rings is 1. The summed E-state index contributed by atoms with van der Waals surface area (Å²) in [6.07, 6.45) is 4.07. The number of amides is 1. The van der Waals surface area contributed by atoms with Crippen LogP contribution in [-0.2, 0) is 0 Å². The third-order valence-corrected chi connectivity index (χ3v) is 3.26. The smallest absolute Gasteiger partial charge is 0.287 e. The highest BCUT2D eigenvalue weighted by molar-refractivity contribution is 7.98. The molecule has 0 aliphatic carbocycles. The lowest BCUT2D eigenvalue weighted by atomic mass is 10.1. The molecular weight excluding hydrogens is 224 g/mol. The number of rotatable bonds is 3. The first-order valence-corrected chi connectivity index (χ1v) is 6.67. The number of thioether (sulfide) groups is 1. The minimum atomic E-state index is -0.117. The van der Waals surface area contributed by atoms with Gasteiger partial charge in [0.1, 0.15) is 0 Å². The third-order valence-electron chi connectivity index (χ3n) is 2.64. The highest BCUT2D eigenvalue weighted by Gasteiger charge is 2.18. The Morgan fingerprint density at radius 1 is 1.62 bits per heavy atom. The summed E-state index contributed by atoms with van der Waals surface area (Å²) in [7, 11) is 0. The molecule has 1 aliphatic rings. The van der Waals surface area contributed by atoms with Gasteiger partial charge in [-0.2, -0.15) is 0 Å². The maximum atomic E-state index is 11.8. The minimum absolute atomic E-state index is 0.117. The van der Waals surface area contributed by atoms with Gasteiger partial charge in [-0.1, -0.05) is 11.8 Å². The Kier molecular flexibility index (Phi) is 3.90. The van der Waals surface area contributed by atoms with Gasteiger partial charge in [-0.3, -0.25) is 4.79 Å². The summed E-state index contributed by atoms with van der Waals surface area (Å²) in [5.41, 5.74) is 0. The first-order valence-electron chi connectivity index (χ1n) is 5.45. The molecule has 0 saturated carbocycles. The van der Waals surface area contributed by atoms with Crippen molar-refractivity contribution in [1.29, 1.82) is 0 Å². The van der Waals surface area contributed by atoms with Gasteiger partial charge in [-0.15, -0.1) is 0 Å². The molecule has 2 N–H and O–H groups in total. The second-order valence-corrected chi connectivity index (χ2v) is 4.65. The van der Waals surface area contributed by atoms with E-state index in [1.165, 1.54) is 11.8 Å². The summed E-state index contributed by atoms with van der Waals surface area (Å²) in [6, 6.07) is 3.76. The number of hydrogen-bond donors (Lipinski definition) is 2. The Balaban J connectivity index is 1.91. The normalized spacial score (nSPS) is 20.7. The average Bonchev–Trinajstić information content (AvgIpc) is 2.79. The first kappa shape index (κ1) is 11.5. The van der Waals surface area contributed by atoms with Crippen LogP contribution >= 0.6 is 11.8 Å². The fourth-order valence-electron chi connectivity index (χ4n) is 1.78. The van der Waals surface area contributed by atoms with E-state index in [1.54, 1.807) is 6.07 Å². The molecule has 0 radical (unpaired) electrons. The summed E-state index contributed by atoms with van der Waals surface area (Å²) in [5, 5.41) is 7.00. The summed E-state index contributed by atoms with van der Waals surface area (Å²) in [6.45, 7) is 1.89. The molecule has 88 valence electrons. The molecular formula is C11H16N2O2S. The topological polar surface area (TPSA) is 54.3 Å². The summed E-state index contributed by atoms with van der Waals surface area (Å²) >= 11 is 1.49. The van der Waals surface area contributed by atoms with Crippen molar-refractivity contribution >= 4 is 17.7 Å². The number of piperidine rings is 1. The van der Waals surface area contributed by atoms with E-state index in [0.717, 1.165) is 31.0 Å². The van der Waals surface area contributed by atoms with E-state index in [2.05, 4.69) is 10.6 Å². The summed E-state index contributed by atoms with van der Waals surface area (Å²) in [5.74, 6) is 0.281. The Hall–Kier alpha value is -0.940. The maximum absolute atomic E-state index is 11.8. The Labute approximate surface area is 99.2 Å². The van der Waals surface area contributed by atoms with Crippen LogP contribution in [0.15, 0.2) is 21.6 Å². The predicted molar refractivity (Wildman–Crippen MR) is 63.8 cm³/mol. The van der Waals surface area contributed by atoms with Crippen LogP contribution in [-0.4, -0.2) is 31.3 Å². The van der Waals surface area contributed by atoms with Crippen molar-refractivity contribution in [2.45, 2.75) is 24.0 Å². The molecule has 4 nitrogen and oxygen atoms in total. The lowest BCUT2D eigenvalue weighted by molar-refractivity contribution is 0.0897. The molecule has 1 aromatic heterocycles. The van der Waals surface area contributed by atoms with Crippen LogP contribution in [0.5, 0.6) is 0 Å². The van der Waals surface area contributed by atoms with E-state index >= 15 is 0 Å². The minimum Gasteiger partial charge on any atom is -0.445 e. The Morgan fingerprint density at radius 3 is 3.12 bits per heavy atom. The van der Waals surface area contributed by atoms with Crippen LogP contribution in [0, 0.1) is 0 Å². The van der Waals surface area contributed by atoms with Crippen molar-refractivity contribution in [1.82, 2.24) is 10.6 Å². The lowest BCUT2D eigenvalue weighted by Crippen LogP contribution is -2.45. The van der Waals surface area contributed by atoms with E-state index < -0.39 is 0 Å². The van der Waals surface area contributed by atoms with Crippen LogP contribution in [0.2, 0.25) is 0 Å². The molecule has 2 heterocycles. The molecule has 0 aromatic carbocycles. The van der Waals surface area contributed by atoms with Crippen molar-refractivity contribution in [2.24, 2.45) is 0 Å². The van der Waals surface area contributed by atoms with Gasteiger partial charge in [-0.25, -0.2) is 0 Å². The monoisotopic (exact) mass is 240 g/mol. The predicted octanol–water partition coefficient (Wildman–Crippen LogP) is 1.48. The number of carbonyl (C=O) groups is 1. The van der Waals surface area contributed by atoms with Gasteiger partial charge in [0, 0.05) is 12.6 Å². The van der Waals surface area contributed by atoms with E-state index in [9.17, 15) is 4.79 Å². The van der Waals surface area contributed by atoms with Crippen molar-refractivity contribution in [3.05, 3.63) is 17.9 Å². The molecule has 5 heteroatoms. The van der Waals surface area contributed by atoms with Gasteiger partial charge < -0.3 is 15.1 Å². The van der Waals surface area contributed by atoms with Crippen molar-refractivity contribution < 1.29 is 9.21 Å². The number of hydrogen-bond acceptors (Lipinski definition) is 4. The molecule has 1 fully saturated rings. The van der Waals surface area contributed by atoms with Crippen molar-refractivity contribution in [3.8, 4) is 0 Å². The van der Waals surface area contributed by atoms with E-state index in [4.69, 9.17) is 4.42 Å². The second kappa shape index (κ2) is 5.41. The fourth-order valence-corrected chi connectivity index (χ4v) is 2.16. The van der Waals surface area contributed by atoms with Gasteiger partial charge in [0.25, 0.3) is 5.91 Å². The molecule has 2 rings (SSSR count). The molecule has 0 bridgehead atoms. The number of nitrogens with one attached hydrogen (secondary N) is 2. The molecule has 1 aromatic rings. The van der Waals surface area contributed by atoms with Gasteiger partial charge in [-0.05, 0) is 37.8 Å². The van der Waals surface area contributed by atoms with Gasteiger partial charge >= 0.3 is 0 Å². The third kappa shape index (κ3) is 2.80. The highest BCUT2D eigenvalue weighted by Crippen LogP contribution is 2.18. The highest BCUT2D eigenvalue weighted by atomic mass is 32.2. The lowest BCUT2D eigenvalue weighted by Gasteiger charge is -2.23. The fraction of sp³-hybridized carbons (Fsp3) is 0.545. The Bertz CT molecular complexity index is 359. The first-order chi connectivity index (χ1) is 7.79. The summed E-state index contributed by atoms with van der Waals surface area (Å²) in [4.78, 5) is 11.8. The molecule has 16 heavy (non-hydrogen) atoms. The zero-order valence-corrected chi connectivity index (χ0v) is 10.1. The van der Waals surface area contributed by atoms with Gasteiger partial charge in [0.2, 0.25) is 0 Å².